The molecule has 0 aliphatic heterocycles. The summed E-state index contributed by atoms with van der Waals surface area (Å²) in [6, 6.07) is 14.4. The van der Waals surface area contributed by atoms with Crippen molar-refractivity contribution in [3.63, 3.8) is 0 Å². The standard InChI is InChI=1S/C18H14FN5/c1-12-3-2-4-14-9-15(18-21-22-23-24(18)17(12)14)11-20-10-13-5-7-16(19)8-6-13/h2-9,11H,10H2,1H3. The van der Waals surface area contributed by atoms with Crippen molar-refractivity contribution >= 4 is 22.8 Å². The summed E-state index contributed by atoms with van der Waals surface area (Å²) in [7, 11) is 0. The van der Waals surface area contributed by atoms with Gasteiger partial charge in [-0.15, -0.1) is 5.10 Å². The fourth-order valence-corrected chi connectivity index (χ4v) is 2.77. The summed E-state index contributed by atoms with van der Waals surface area (Å²) in [5.41, 5.74) is 4.56. The Labute approximate surface area is 137 Å². The van der Waals surface area contributed by atoms with E-state index >= 15 is 0 Å². The number of fused-ring (bicyclic) bond motifs is 3. The molecule has 0 radical (unpaired) electrons. The Bertz CT molecular complexity index is 1050. The van der Waals surface area contributed by atoms with Gasteiger partial charge >= 0.3 is 0 Å². The van der Waals surface area contributed by atoms with Gasteiger partial charge in [-0.05, 0) is 46.7 Å². The minimum absolute atomic E-state index is 0.246. The van der Waals surface area contributed by atoms with E-state index in [2.05, 4.69) is 20.5 Å². The minimum Gasteiger partial charge on any atom is -0.288 e. The molecule has 0 saturated carbocycles. The van der Waals surface area contributed by atoms with E-state index in [0.717, 1.165) is 27.6 Å². The first-order chi connectivity index (χ1) is 11.7. The normalized spacial score (nSPS) is 11.8. The monoisotopic (exact) mass is 319 g/mol. The molecule has 0 saturated heterocycles. The van der Waals surface area contributed by atoms with E-state index < -0.39 is 0 Å². The van der Waals surface area contributed by atoms with E-state index in [1.807, 2.05) is 31.2 Å². The molecule has 6 heteroatoms. The number of para-hydroxylation sites is 1. The van der Waals surface area contributed by atoms with E-state index in [-0.39, 0.29) is 5.82 Å². The van der Waals surface area contributed by atoms with Crippen molar-refractivity contribution in [2.75, 3.05) is 0 Å². The van der Waals surface area contributed by atoms with Crippen LogP contribution in [0.15, 0.2) is 53.5 Å². The Morgan fingerprint density at radius 1 is 1.17 bits per heavy atom. The molecule has 24 heavy (non-hydrogen) atoms. The summed E-state index contributed by atoms with van der Waals surface area (Å²) >= 11 is 0. The molecule has 0 bridgehead atoms. The molecule has 0 aliphatic carbocycles. The van der Waals surface area contributed by atoms with Crippen LogP contribution >= 0.6 is 0 Å². The molecule has 2 aromatic heterocycles. The highest BCUT2D eigenvalue weighted by atomic mass is 19.1. The zero-order valence-electron chi connectivity index (χ0n) is 13.0. The lowest BCUT2D eigenvalue weighted by atomic mass is 10.1. The molecule has 0 aliphatic rings. The lowest BCUT2D eigenvalue weighted by Gasteiger charge is -2.05. The van der Waals surface area contributed by atoms with Crippen molar-refractivity contribution < 1.29 is 4.39 Å². The first kappa shape index (κ1) is 14.4. The van der Waals surface area contributed by atoms with Crippen LogP contribution in [0.25, 0.3) is 16.6 Å². The minimum atomic E-state index is -0.246. The van der Waals surface area contributed by atoms with Crippen LogP contribution in [0, 0.1) is 12.7 Å². The number of halogens is 1. The van der Waals surface area contributed by atoms with Crippen LogP contribution in [0.1, 0.15) is 16.7 Å². The third-order valence-corrected chi connectivity index (χ3v) is 3.94. The van der Waals surface area contributed by atoms with Crippen molar-refractivity contribution in [1.82, 2.24) is 20.0 Å². The largest absolute Gasteiger partial charge is 0.288 e. The number of hydrogen-bond acceptors (Lipinski definition) is 4. The number of pyridine rings is 1. The first-order valence-electron chi connectivity index (χ1n) is 7.57. The van der Waals surface area contributed by atoms with Gasteiger partial charge in [0.15, 0.2) is 5.65 Å². The highest BCUT2D eigenvalue weighted by molar-refractivity contribution is 5.95. The maximum Gasteiger partial charge on any atom is 0.188 e. The average Bonchev–Trinajstić information content (AvgIpc) is 3.06. The van der Waals surface area contributed by atoms with Crippen LogP contribution in [0.4, 0.5) is 4.39 Å². The molecule has 0 atom stereocenters. The summed E-state index contributed by atoms with van der Waals surface area (Å²) < 4.78 is 14.7. The van der Waals surface area contributed by atoms with Crippen molar-refractivity contribution in [1.29, 1.82) is 0 Å². The molecule has 4 rings (SSSR count). The summed E-state index contributed by atoms with van der Waals surface area (Å²) in [6.45, 7) is 2.51. The van der Waals surface area contributed by atoms with Gasteiger partial charge in [-0.2, -0.15) is 4.52 Å². The van der Waals surface area contributed by atoms with E-state index in [0.29, 0.717) is 12.2 Å². The van der Waals surface area contributed by atoms with Gasteiger partial charge in [0, 0.05) is 17.2 Å². The maximum atomic E-state index is 12.9. The van der Waals surface area contributed by atoms with Gasteiger partial charge in [0.2, 0.25) is 0 Å². The van der Waals surface area contributed by atoms with Gasteiger partial charge in [-0.25, -0.2) is 4.39 Å². The number of benzene rings is 2. The highest BCUT2D eigenvalue weighted by Crippen LogP contribution is 2.21. The molecule has 4 aromatic rings. The third-order valence-electron chi connectivity index (χ3n) is 3.94. The second-order valence-electron chi connectivity index (χ2n) is 5.62. The lowest BCUT2D eigenvalue weighted by molar-refractivity contribution is 0.627. The molecular weight excluding hydrogens is 305 g/mol. The van der Waals surface area contributed by atoms with Gasteiger partial charge < -0.3 is 0 Å². The SMILES string of the molecule is Cc1cccc2cc(C=NCc3ccc(F)cc3)c3nnnn3c12. The zero-order chi connectivity index (χ0) is 16.5. The van der Waals surface area contributed by atoms with Gasteiger partial charge in [0.25, 0.3) is 0 Å². The van der Waals surface area contributed by atoms with Crippen LogP contribution < -0.4 is 0 Å². The number of hydrogen-bond donors (Lipinski definition) is 0. The molecule has 0 N–H and O–H groups in total. The Morgan fingerprint density at radius 2 is 2.00 bits per heavy atom. The maximum absolute atomic E-state index is 12.9. The summed E-state index contributed by atoms with van der Waals surface area (Å²) in [5, 5.41) is 13.0. The molecule has 2 heterocycles. The van der Waals surface area contributed by atoms with Crippen LogP contribution in [0.2, 0.25) is 0 Å². The van der Waals surface area contributed by atoms with Crippen LogP contribution in [-0.4, -0.2) is 26.3 Å². The number of aromatic nitrogens is 4. The molecule has 0 fully saturated rings. The average molecular weight is 319 g/mol. The predicted octanol–water partition coefficient (Wildman–Crippen LogP) is 3.34. The van der Waals surface area contributed by atoms with Crippen LogP contribution in [-0.2, 0) is 6.54 Å². The Balaban J connectivity index is 1.74. The molecule has 0 unspecified atom stereocenters. The molecule has 5 nitrogen and oxygen atoms in total. The third kappa shape index (κ3) is 2.52. The number of aliphatic imine (C=N–C) groups is 1. The number of aryl methyl sites for hydroxylation is 1. The number of rotatable bonds is 3. The van der Waals surface area contributed by atoms with Crippen molar-refractivity contribution in [2.24, 2.45) is 4.99 Å². The summed E-state index contributed by atoms with van der Waals surface area (Å²) in [5.74, 6) is -0.246. The fraction of sp³-hybridized carbons (Fsp3) is 0.111. The summed E-state index contributed by atoms with van der Waals surface area (Å²) in [4.78, 5) is 4.44. The van der Waals surface area contributed by atoms with E-state index in [1.165, 1.54) is 12.1 Å². The van der Waals surface area contributed by atoms with Crippen molar-refractivity contribution in [3.8, 4) is 0 Å². The molecular formula is C18H14FN5. The second kappa shape index (κ2) is 5.81. The summed E-state index contributed by atoms with van der Waals surface area (Å²) in [6.07, 6.45) is 1.76. The van der Waals surface area contributed by atoms with E-state index in [4.69, 9.17) is 0 Å². The Kier molecular flexibility index (Phi) is 3.49. The highest BCUT2D eigenvalue weighted by Gasteiger charge is 2.09. The predicted molar refractivity (Wildman–Crippen MR) is 90.7 cm³/mol. The molecule has 2 aromatic carbocycles. The Morgan fingerprint density at radius 3 is 2.83 bits per heavy atom. The van der Waals surface area contributed by atoms with Crippen molar-refractivity contribution in [2.45, 2.75) is 13.5 Å². The van der Waals surface area contributed by atoms with E-state index in [9.17, 15) is 4.39 Å². The first-order valence-corrected chi connectivity index (χ1v) is 7.57. The smallest absolute Gasteiger partial charge is 0.188 e. The fourth-order valence-electron chi connectivity index (χ4n) is 2.77. The molecule has 0 spiro atoms. The molecule has 118 valence electrons. The van der Waals surface area contributed by atoms with Crippen LogP contribution in [0.3, 0.4) is 0 Å². The zero-order valence-corrected chi connectivity index (χ0v) is 13.0. The van der Waals surface area contributed by atoms with Gasteiger partial charge in [0.05, 0.1) is 12.1 Å². The quantitative estimate of drug-likeness (QED) is 0.544. The van der Waals surface area contributed by atoms with Gasteiger partial charge in [-0.1, -0.05) is 30.3 Å². The van der Waals surface area contributed by atoms with Gasteiger partial charge in [-0.3, -0.25) is 4.99 Å². The van der Waals surface area contributed by atoms with Gasteiger partial charge in [0.1, 0.15) is 5.82 Å². The second-order valence-corrected chi connectivity index (χ2v) is 5.62. The topological polar surface area (TPSA) is 55.4 Å². The van der Waals surface area contributed by atoms with Crippen molar-refractivity contribution in [3.05, 3.63) is 71.0 Å². The molecule has 0 amide bonds. The lowest BCUT2D eigenvalue weighted by Crippen LogP contribution is -1.98. The number of tetrazole rings is 1. The van der Waals surface area contributed by atoms with E-state index in [1.54, 1.807) is 22.9 Å². The Hall–Kier alpha value is -3.15. The number of nitrogens with zero attached hydrogens (tertiary/aromatic N) is 5. The van der Waals surface area contributed by atoms with Crippen LogP contribution in [0.5, 0.6) is 0 Å².